The predicted octanol–water partition coefficient (Wildman–Crippen LogP) is 5.88. The van der Waals surface area contributed by atoms with Gasteiger partial charge in [-0.15, -0.1) is 11.8 Å². The average Bonchev–Trinajstić information content (AvgIpc) is 3.16. The van der Waals surface area contributed by atoms with Crippen LogP contribution in [0.5, 0.6) is 5.75 Å². The Hall–Kier alpha value is -2.77. The maximum absolute atomic E-state index is 12.8. The monoisotopic (exact) mass is 496 g/mol. The number of ether oxygens (including phenoxy) is 1. The smallest absolute Gasteiger partial charge is 0.255 e. The summed E-state index contributed by atoms with van der Waals surface area (Å²) < 4.78 is 6.60. The first-order valence-electron chi connectivity index (χ1n) is 9.89. The molecule has 5 nitrogen and oxygen atoms in total. The van der Waals surface area contributed by atoms with Gasteiger partial charge in [-0.25, -0.2) is 0 Å². The third-order valence-electron chi connectivity index (χ3n) is 4.81. The summed E-state index contributed by atoms with van der Waals surface area (Å²) in [6.45, 7) is 2.44. The molecule has 2 amide bonds. The Morgan fingerprint density at radius 2 is 1.94 bits per heavy atom. The van der Waals surface area contributed by atoms with E-state index in [1.807, 2.05) is 67.6 Å². The van der Waals surface area contributed by atoms with Crippen LogP contribution in [0.1, 0.15) is 28.2 Å². The fourth-order valence-electron chi connectivity index (χ4n) is 3.47. The van der Waals surface area contributed by atoms with E-state index in [9.17, 15) is 9.59 Å². The van der Waals surface area contributed by atoms with Crippen molar-refractivity contribution in [2.75, 3.05) is 22.6 Å². The molecule has 4 rings (SSSR count). The largest absolute Gasteiger partial charge is 0.492 e. The molecule has 0 radical (unpaired) electrons. The standard InChI is InChI=1S/C24H21BrN2O3S/c1-2-30-21-12-4-3-11-20(21)27-22(28)15-31-24(27)17-8-6-10-19(14-17)26-23(29)16-7-5-9-18(25)13-16/h3-14,24H,2,15H2,1H3,(H,26,29)/t24-/m0/s1. The van der Waals surface area contributed by atoms with E-state index in [-0.39, 0.29) is 17.2 Å². The van der Waals surface area contributed by atoms with Crippen LogP contribution in [-0.2, 0) is 4.79 Å². The van der Waals surface area contributed by atoms with Crippen molar-refractivity contribution < 1.29 is 14.3 Å². The van der Waals surface area contributed by atoms with E-state index >= 15 is 0 Å². The van der Waals surface area contributed by atoms with Crippen LogP contribution in [0.2, 0.25) is 0 Å². The second-order valence-corrected chi connectivity index (χ2v) is 8.90. The van der Waals surface area contributed by atoms with E-state index in [4.69, 9.17) is 4.74 Å². The molecule has 3 aromatic rings. The van der Waals surface area contributed by atoms with Gasteiger partial charge in [-0.2, -0.15) is 0 Å². The van der Waals surface area contributed by atoms with E-state index in [2.05, 4.69) is 21.2 Å². The molecule has 1 aliphatic heterocycles. The fourth-order valence-corrected chi connectivity index (χ4v) is 5.03. The van der Waals surface area contributed by atoms with Crippen LogP contribution in [-0.4, -0.2) is 24.2 Å². The molecule has 0 aromatic heterocycles. The molecule has 1 atom stereocenters. The van der Waals surface area contributed by atoms with Gasteiger partial charge in [0.15, 0.2) is 0 Å². The Morgan fingerprint density at radius 1 is 1.13 bits per heavy atom. The highest BCUT2D eigenvalue weighted by Gasteiger charge is 2.35. The molecule has 1 aliphatic rings. The fraction of sp³-hybridized carbons (Fsp3) is 0.167. The second kappa shape index (κ2) is 9.58. The number of thioether (sulfide) groups is 1. The zero-order chi connectivity index (χ0) is 21.8. The van der Waals surface area contributed by atoms with Crippen molar-refractivity contribution in [2.45, 2.75) is 12.3 Å². The maximum atomic E-state index is 12.8. The van der Waals surface area contributed by atoms with Crippen molar-refractivity contribution in [1.82, 2.24) is 0 Å². The number of carbonyl (C=O) groups is 2. The summed E-state index contributed by atoms with van der Waals surface area (Å²) >= 11 is 4.95. The number of carbonyl (C=O) groups excluding carboxylic acids is 2. The molecule has 0 saturated carbocycles. The second-order valence-electron chi connectivity index (χ2n) is 6.92. The SMILES string of the molecule is CCOc1ccccc1N1C(=O)CS[C@H]1c1cccc(NC(=O)c2cccc(Br)c2)c1. The number of para-hydroxylation sites is 2. The number of anilines is 2. The van der Waals surface area contributed by atoms with Gasteiger partial charge < -0.3 is 10.1 Å². The molecule has 0 bridgehead atoms. The van der Waals surface area contributed by atoms with E-state index in [1.54, 1.807) is 28.8 Å². The van der Waals surface area contributed by atoms with Crippen molar-refractivity contribution in [3.8, 4) is 5.75 Å². The molecule has 0 unspecified atom stereocenters. The molecule has 3 aromatic carbocycles. The van der Waals surface area contributed by atoms with Gasteiger partial charge in [-0.1, -0.05) is 46.3 Å². The summed E-state index contributed by atoms with van der Waals surface area (Å²) in [5, 5.41) is 2.75. The summed E-state index contributed by atoms with van der Waals surface area (Å²) in [5.74, 6) is 0.919. The Balaban J connectivity index is 1.61. The highest BCUT2D eigenvalue weighted by molar-refractivity contribution is 9.10. The summed E-state index contributed by atoms with van der Waals surface area (Å²) in [5.41, 5.74) is 2.94. The zero-order valence-corrected chi connectivity index (χ0v) is 19.3. The lowest BCUT2D eigenvalue weighted by Gasteiger charge is -2.26. The summed E-state index contributed by atoms with van der Waals surface area (Å²) in [7, 11) is 0. The van der Waals surface area contributed by atoms with Crippen LogP contribution in [0.4, 0.5) is 11.4 Å². The van der Waals surface area contributed by atoms with Crippen molar-refractivity contribution >= 4 is 50.9 Å². The maximum Gasteiger partial charge on any atom is 0.255 e. The van der Waals surface area contributed by atoms with Crippen molar-refractivity contribution in [3.05, 3.63) is 88.4 Å². The van der Waals surface area contributed by atoms with Gasteiger partial charge in [0, 0.05) is 15.7 Å². The molecular weight excluding hydrogens is 476 g/mol. The predicted molar refractivity (Wildman–Crippen MR) is 129 cm³/mol. The first-order chi connectivity index (χ1) is 15.1. The first kappa shape index (κ1) is 21.5. The van der Waals surface area contributed by atoms with Crippen LogP contribution in [0, 0.1) is 0 Å². The Labute approximate surface area is 193 Å². The molecule has 31 heavy (non-hydrogen) atoms. The minimum absolute atomic E-state index is 0.0331. The van der Waals surface area contributed by atoms with Gasteiger partial charge in [0.1, 0.15) is 11.1 Å². The molecule has 158 valence electrons. The normalized spacial score (nSPS) is 15.7. The highest BCUT2D eigenvalue weighted by Crippen LogP contribution is 2.45. The Kier molecular flexibility index (Phi) is 6.63. The molecule has 1 heterocycles. The lowest BCUT2D eigenvalue weighted by molar-refractivity contribution is -0.115. The quantitative estimate of drug-likeness (QED) is 0.462. The number of benzene rings is 3. The number of amides is 2. The number of rotatable bonds is 6. The third-order valence-corrected chi connectivity index (χ3v) is 6.51. The topological polar surface area (TPSA) is 58.6 Å². The number of nitrogens with one attached hydrogen (secondary N) is 1. The van der Waals surface area contributed by atoms with Crippen LogP contribution in [0.15, 0.2) is 77.3 Å². The van der Waals surface area contributed by atoms with Crippen LogP contribution in [0.25, 0.3) is 0 Å². The van der Waals surface area contributed by atoms with Crippen LogP contribution in [0.3, 0.4) is 0 Å². The van der Waals surface area contributed by atoms with Crippen molar-refractivity contribution in [3.63, 3.8) is 0 Å². The van der Waals surface area contributed by atoms with E-state index in [0.717, 1.165) is 15.7 Å². The molecular formula is C24H21BrN2O3S. The lowest BCUT2D eigenvalue weighted by Crippen LogP contribution is -2.28. The van der Waals surface area contributed by atoms with Crippen molar-refractivity contribution in [2.24, 2.45) is 0 Å². The molecule has 1 saturated heterocycles. The average molecular weight is 497 g/mol. The minimum Gasteiger partial charge on any atom is -0.492 e. The summed E-state index contributed by atoms with van der Waals surface area (Å²) in [4.78, 5) is 27.2. The Bertz CT molecular complexity index is 1120. The van der Waals surface area contributed by atoms with Crippen molar-refractivity contribution in [1.29, 1.82) is 0 Å². The van der Waals surface area contributed by atoms with Gasteiger partial charge in [0.2, 0.25) is 5.91 Å². The first-order valence-corrected chi connectivity index (χ1v) is 11.7. The number of halogens is 1. The summed E-state index contributed by atoms with van der Waals surface area (Å²) in [6, 6.07) is 22.4. The molecule has 7 heteroatoms. The highest BCUT2D eigenvalue weighted by atomic mass is 79.9. The lowest BCUT2D eigenvalue weighted by atomic mass is 10.1. The van der Waals surface area contributed by atoms with E-state index < -0.39 is 0 Å². The van der Waals surface area contributed by atoms with Gasteiger partial charge in [0.25, 0.3) is 5.91 Å². The molecule has 1 N–H and O–H groups in total. The molecule has 0 aliphatic carbocycles. The number of nitrogens with zero attached hydrogens (tertiary/aromatic N) is 1. The van der Waals surface area contributed by atoms with Crippen LogP contribution >= 0.6 is 27.7 Å². The molecule has 0 spiro atoms. The minimum atomic E-state index is -0.197. The van der Waals surface area contributed by atoms with E-state index in [1.165, 1.54) is 0 Å². The van der Waals surface area contributed by atoms with Gasteiger partial charge in [-0.05, 0) is 55.0 Å². The number of hydrogen-bond acceptors (Lipinski definition) is 4. The Morgan fingerprint density at radius 3 is 2.74 bits per heavy atom. The van der Waals surface area contributed by atoms with Crippen LogP contribution < -0.4 is 15.0 Å². The van der Waals surface area contributed by atoms with Gasteiger partial charge >= 0.3 is 0 Å². The van der Waals surface area contributed by atoms with E-state index in [0.29, 0.717) is 29.4 Å². The zero-order valence-electron chi connectivity index (χ0n) is 16.9. The van der Waals surface area contributed by atoms with Gasteiger partial charge in [-0.3, -0.25) is 14.5 Å². The number of hydrogen-bond donors (Lipinski definition) is 1. The van der Waals surface area contributed by atoms with Gasteiger partial charge in [0.05, 0.1) is 18.0 Å². The third kappa shape index (κ3) is 4.78. The summed E-state index contributed by atoms with van der Waals surface area (Å²) in [6.07, 6.45) is 0. The molecule has 1 fully saturated rings.